The van der Waals surface area contributed by atoms with Crippen molar-refractivity contribution < 1.29 is 4.79 Å². The van der Waals surface area contributed by atoms with Gasteiger partial charge in [-0.1, -0.05) is 19.1 Å². The number of carbonyl (C=O) groups is 1. The fourth-order valence-electron chi connectivity index (χ4n) is 2.29. The first-order valence-electron chi connectivity index (χ1n) is 6.04. The molecule has 98 valence electrons. The van der Waals surface area contributed by atoms with Gasteiger partial charge in [0.2, 0.25) is 0 Å². The zero-order valence-electron chi connectivity index (χ0n) is 10.3. The Kier molecular flexibility index (Phi) is 3.97. The molecule has 0 aliphatic heterocycles. The Morgan fingerprint density at radius 3 is 2.78 bits per heavy atom. The number of carbonyl (C=O) groups excluding carboxylic acids is 1. The number of hydrogen-bond donors (Lipinski definition) is 2. The highest BCUT2D eigenvalue weighted by Gasteiger charge is 2.38. The van der Waals surface area contributed by atoms with Crippen LogP contribution in [0.25, 0.3) is 0 Å². The molecule has 18 heavy (non-hydrogen) atoms. The molecule has 0 aromatic carbocycles. The van der Waals surface area contributed by atoms with Gasteiger partial charge in [0.05, 0.1) is 22.2 Å². The molecule has 2 rings (SSSR count). The summed E-state index contributed by atoms with van der Waals surface area (Å²) in [6, 6.07) is 0. The maximum atomic E-state index is 12.1. The lowest BCUT2D eigenvalue weighted by Gasteiger charge is -2.39. The molecule has 1 aromatic rings. The van der Waals surface area contributed by atoms with Gasteiger partial charge in [0.25, 0.3) is 5.91 Å². The summed E-state index contributed by atoms with van der Waals surface area (Å²) in [5.74, 6) is 0.549. The largest absolute Gasteiger partial charge is 0.391 e. The van der Waals surface area contributed by atoms with Crippen LogP contribution in [0.15, 0.2) is 11.7 Å². The number of nitrogens with one attached hydrogen (secondary N) is 1. The molecule has 1 amide bonds. The van der Waals surface area contributed by atoms with Gasteiger partial charge in [0, 0.05) is 0 Å². The second-order valence-electron chi connectivity index (χ2n) is 4.95. The molecule has 4 nitrogen and oxygen atoms in total. The summed E-state index contributed by atoms with van der Waals surface area (Å²) in [5.41, 5.74) is 6.99. The van der Waals surface area contributed by atoms with E-state index >= 15 is 0 Å². The summed E-state index contributed by atoms with van der Waals surface area (Å²) in [5, 5.41) is 3.02. The summed E-state index contributed by atoms with van der Waals surface area (Å²) < 4.78 is 0. The van der Waals surface area contributed by atoms with E-state index in [-0.39, 0.29) is 5.91 Å². The molecule has 0 saturated heterocycles. The maximum Gasteiger partial charge on any atom is 0.263 e. The Morgan fingerprint density at radius 2 is 2.28 bits per heavy atom. The Balaban J connectivity index is 2.12. The van der Waals surface area contributed by atoms with E-state index in [0.29, 0.717) is 15.8 Å². The van der Waals surface area contributed by atoms with Crippen molar-refractivity contribution in [1.82, 2.24) is 10.3 Å². The fraction of sp³-hybridized carbons (Fsp3) is 0.583. The van der Waals surface area contributed by atoms with Crippen molar-refractivity contribution in [3.05, 3.63) is 16.6 Å². The molecule has 0 radical (unpaired) electrons. The molecule has 1 heterocycles. The average molecular weight is 283 g/mol. The number of aromatic nitrogens is 1. The molecule has 3 N–H and O–H groups in total. The predicted molar refractivity (Wildman–Crippen MR) is 76.7 cm³/mol. The minimum atomic E-state index is -0.511. The summed E-state index contributed by atoms with van der Waals surface area (Å²) in [4.78, 5) is 17.0. The summed E-state index contributed by atoms with van der Waals surface area (Å²) in [7, 11) is 0. The van der Waals surface area contributed by atoms with Crippen LogP contribution >= 0.6 is 23.6 Å². The van der Waals surface area contributed by atoms with Crippen molar-refractivity contribution in [2.45, 2.75) is 38.1 Å². The third kappa shape index (κ3) is 2.70. The smallest absolute Gasteiger partial charge is 0.263 e. The molecule has 0 bridgehead atoms. The molecule has 1 fully saturated rings. The molecular formula is C12H17N3OS2. The first-order valence-corrected chi connectivity index (χ1v) is 7.33. The van der Waals surface area contributed by atoms with Crippen LogP contribution < -0.4 is 11.1 Å². The molecule has 1 aliphatic carbocycles. The fourth-order valence-corrected chi connectivity index (χ4v) is 3.06. The van der Waals surface area contributed by atoms with E-state index in [4.69, 9.17) is 18.0 Å². The van der Waals surface area contributed by atoms with Gasteiger partial charge < -0.3 is 11.1 Å². The standard InChI is InChI=1S/C12H17N3OS2/c1-8-2-4-12(5-3-8,11(13)17)15-10(16)9-6-14-7-18-9/h6-8H,2-5H2,1H3,(H2,13,17)(H,15,16). The normalized spacial score (nSPS) is 27.7. The third-order valence-corrected chi connectivity index (χ3v) is 4.77. The first-order chi connectivity index (χ1) is 8.53. The van der Waals surface area contributed by atoms with Crippen LogP contribution in [0.3, 0.4) is 0 Å². The van der Waals surface area contributed by atoms with Crippen LogP contribution in [-0.2, 0) is 0 Å². The number of thiocarbonyl (C=S) groups is 1. The summed E-state index contributed by atoms with van der Waals surface area (Å²) >= 11 is 6.49. The van der Waals surface area contributed by atoms with Crippen molar-refractivity contribution in [2.75, 3.05) is 0 Å². The summed E-state index contributed by atoms with van der Waals surface area (Å²) in [6.45, 7) is 2.22. The molecule has 1 saturated carbocycles. The van der Waals surface area contributed by atoms with Crippen LogP contribution in [-0.4, -0.2) is 21.4 Å². The van der Waals surface area contributed by atoms with Crippen LogP contribution in [0, 0.1) is 5.92 Å². The second kappa shape index (κ2) is 5.32. The van der Waals surface area contributed by atoms with E-state index in [1.165, 1.54) is 11.3 Å². The van der Waals surface area contributed by atoms with Crippen molar-refractivity contribution in [3.8, 4) is 0 Å². The van der Waals surface area contributed by atoms with E-state index in [1.807, 2.05) is 0 Å². The Bertz CT molecular complexity index is 436. The molecule has 0 atom stereocenters. The SMILES string of the molecule is CC1CCC(NC(=O)c2cncs2)(C(N)=S)CC1. The van der Waals surface area contributed by atoms with Gasteiger partial charge in [0.15, 0.2) is 0 Å². The van der Waals surface area contributed by atoms with E-state index < -0.39 is 5.54 Å². The topological polar surface area (TPSA) is 68.0 Å². The lowest BCUT2D eigenvalue weighted by Crippen LogP contribution is -2.58. The van der Waals surface area contributed by atoms with Gasteiger partial charge in [-0.05, 0) is 31.6 Å². The number of nitrogens with zero attached hydrogens (tertiary/aromatic N) is 1. The summed E-state index contributed by atoms with van der Waals surface area (Å²) in [6.07, 6.45) is 5.31. The van der Waals surface area contributed by atoms with Gasteiger partial charge in [-0.15, -0.1) is 11.3 Å². The van der Waals surface area contributed by atoms with Crippen LogP contribution in [0.2, 0.25) is 0 Å². The van der Waals surface area contributed by atoms with Crippen molar-refractivity contribution in [1.29, 1.82) is 0 Å². The van der Waals surface area contributed by atoms with E-state index in [0.717, 1.165) is 25.7 Å². The quantitative estimate of drug-likeness (QED) is 0.834. The molecule has 0 spiro atoms. The van der Waals surface area contributed by atoms with Crippen LogP contribution in [0.5, 0.6) is 0 Å². The van der Waals surface area contributed by atoms with E-state index in [1.54, 1.807) is 11.7 Å². The predicted octanol–water partition coefficient (Wildman–Crippen LogP) is 2.11. The number of amides is 1. The van der Waals surface area contributed by atoms with Gasteiger partial charge in [-0.25, -0.2) is 0 Å². The van der Waals surface area contributed by atoms with Crippen molar-refractivity contribution >= 4 is 34.5 Å². The lowest BCUT2D eigenvalue weighted by molar-refractivity contribution is 0.0904. The first kappa shape index (κ1) is 13.4. The molecule has 1 aromatic heterocycles. The van der Waals surface area contributed by atoms with Gasteiger partial charge in [-0.3, -0.25) is 9.78 Å². The zero-order valence-corrected chi connectivity index (χ0v) is 11.9. The van der Waals surface area contributed by atoms with E-state index in [2.05, 4.69) is 17.2 Å². The average Bonchev–Trinajstić information content (AvgIpc) is 2.85. The van der Waals surface area contributed by atoms with Crippen molar-refractivity contribution in [3.63, 3.8) is 0 Å². The Labute approximate surface area is 116 Å². The monoisotopic (exact) mass is 283 g/mol. The van der Waals surface area contributed by atoms with Crippen LogP contribution in [0.1, 0.15) is 42.3 Å². The van der Waals surface area contributed by atoms with Crippen LogP contribution in [0.4, 0.5) is 0 Å². The minimum absolute atomic E-state index is 0.125. The number of nitrogens with two attached hydrogens (primary N) is 1. The maximum absolute atomic E-state index is 12.1. The zero-order chi connectivity index (χ0) is 13.2. The van der Waals surface area contributed by atoms with Gasteiger partial charge in [0.1, 0.15) is 4.88 Å². The highest BCUT2D eigenvalue weighted by atomic mass is 32.1. The Morgan fingerprint density at radius 1 is 1.61 bits per heavy atom. The molecular weight excluding hydrogens is 266 g/mol. The second-order valence-corrected chi connectivity index (χ2v) is 6.27. The minimum Gasteiger partial charge on any atom is -0.391 e. The molecule has 1 aliphatic rings. The molecule has 0 unspecified atom stereocenters. The van der Waals surface area contributed by atoms with Gasteiger partial charge in [-0.2, -0.15) is 0 Å². The lowest BCUT2D eigenvalue weighted by atomic mass is 9.77. The van der Waals surface area contributed by atoms with Gasteiger partial charge >= 0.3 is 0 Å². The molecule has 6 heteroatoms. The number of rotatable bonds is 3. The number of thiazole rings is 1. The highest BCUT2D eigenvalue weighted by Crippen LogP contribution is 2.32. The third-order valence-electron chi connectivity index (χ3n) is 3.61. The van der Waals surface area contributed by atoms with Crippen molar-refractivity contribution in [2.24, 2.45) is 11.7 Å². The van der Waals surface area contributed by atoms with E-state index in [9.17, 15) is 4.79 Å². The highest BCUT2D eigenvalue weighted by molar-refractivity contribution is 7.80. The number of hydrogen-bond acceptors (Lipinski definition) is 4. The Hall–Kier alpha value is -1.01.